The number of morpholine rings is 1. The molecule has 4 heterocycles. The van der Waals surface area contributed by atoms with Gasteiger partial charge < -0.3 is 24.5 Å². The Morgan fingerprint density at radius 2 is 2.15 bits per heavy atom. The topological polar surface area (TPSA) is 71.3 Å². The Kier molecular flexibility index (Phi) is 5.47. The van der Waals surface area contributed by atoms with Gasteiger partial charge in [-0.05, 0) is 38.3 Å². The van der Waals surface area contributed by atoms with Crippen LogP contribution in [0.1, 0.15) is 36.8 Å². The van der Waals surface area contributed by atoms with Crippen LogP contribution in [0.4, 0.5) is 0 Å². The number of nitrogens with zero attached hydrogens (tertiary/aromatic N) is 2. The Bertz CT molecular complexity index is 626. The van der Waals surface area contributed by atoms with Crippen LogP contribution in [0, 0.1) is 6.92 Å². The van der Waals surface area contributed by atoms with Crippen molar-refractivity contribution in [2.75, 3.05) is 39.9 Å². The molecule has 3 aliphatic rings. The third-order valence-electron chi connectivity index (χ3n) is 5.69. The summed E-state index contributed by atoms with van der Waals surface area (Å²) < 4.78 is 17.4. The van der Waals surface area contributed by atoms with Crippen LogP contribution < -0.4 is 10.6 Å². The SMILES string of the molecule is CN=C(NCC(c1ccc(C)o1)N1CCOCC1)NC1CC2CCC1O2. The zero-order chi connectivity index (χ0) is 17.9. The number of guanidine groups is 1. The van der Waals surface area contributed by atoms with E-state index in [0.29, 0.717) is 18.2 Å². The number of nitrogens with one attached hydrogen (secondary N) is 2. The van der Waals surface area contributed by atoms with Gasteiger partial charge in [0.2, 0.25) is 0 Å². The van der Waals surface area contributed by atoms with E-state index in [1.807, 2.05) is 20.0 Å². The van der Waals surface area contributed by atoms with Crippen LogP contribution in [0.2, 0.25) is 0 Å². The summed E-state index contributed by atoms with van der Waals surface area (Å²) in [6.07, 6.45) is 4.20. The van der Waals surface area contributed by atoms with Crippen molar-refractivity contribution in [3.05, 3.63) is 23.7 Å². The number of fused-ring (bicyclic) bond motifs is 2. The summed E-state index contributed by atoms with van der Waals surface area (Å²) in [6, 6.07) is 4.65. The molecule has 0 aromatic carbocycles. The molecule has 4 rings (SSSR count). The Hall–Kier alpha value is -1.57. The molecular weight excluding hydrogens is 332 g/mol. The molecule has 144 valence electrons. The van der Waals surface area contributed by atoms with E-state index in [4.69, 9.17) is 13.9 Å². The molecule has 3 fully saturated rings. The van der Waals surface area contributed by atoms with Gasteiger partial charge in [-0.3, -0.25) is 9.89 Å². The van der Waals surface area contributed by atoms with Gasteiger partial charge in [-0.25, -0.2) is 0 Å². The second-order valence-electron chi connectivity index (χ2n) is 7.43. The van der Waals surface area contributed by atoms with E-state index < -0.39 is 0 Å². The van der Waals surface area contributed by atoms with E-state index in [0.717, 1.165) is 63.2 Å². The minimum atomic E-state index is 0.169. The molecule has 7 nitrogen and oxygen atoms in total. The lowest BCUT2D eigenvalue weighted by atomic mass is 9.96. The van der Waals surface area contributed by atoms with Crippen molar-refractivity contribution in [2.45, 2.75) is 50.5 Å². The normalized spacial score (nSPS) is 30.5. The molecule has 26 heavy (non-hydrogen) atoms. The van der Waals surface area contributed by atoms with Gasteiger partial charge in [0.25, 0.3) is 0 Å². The number of hydrogen-bond acceptors (Lipinski definition) is 5. The molecule has 0 amide bonds. The van der Waals surface area contributed by atoms with Gasteiger partial charge in [-0.15, -0.1) is 0 Å². The fraction of sp³-hybridized carbons (Fsp3) is 0.737. The molecule has 3 aliphatic heterocycles. The van der Waals surface area contributed by atoms with Crippen LogP contribution in [0.25, 0.3) is 0 Å². The first-order chi connectivity index (χ1) is 12.7. The smallest absolute Gasteiger partial charge is 0.191 e. The Morgan fingerprint density at radius 1 is 1.31 bits per heavy atom. The zero-order valence-electron chi connectivity index (χ0n) is 15.7. The molecule has 0 radical (unpaired) electrons. The maximum atomic E-state index is 5.94. The minimum absolute atomic E-state index is 0.169. The third kappa shape index (κ3) is 3.89. The van der Waals surface area contributed by atoms with Crippen molar-refractivity contribution in [1.29, 1.82) is 0 Å². The highest BCUT2D eigenvalue weighted by Crippen LogP contribution is 2.34. The lowest BCUT2D eigenvalue weighted by Gasteiger charge is -2.34. The van der Waals surface area contributed by atoms with E-state index in [-0.39, 0.29) is 6.04 Å². The highest BCUT2D eigenvalue weighted by molar-refractivity contribution is 5.80. The molecule has 1 aromatic heterocycles. The first kappa shape index (κ1) is 17.8. The van der Waals surface area contributed by atoms with Crippen molar-refractivity contribution in [2.24, 2.45) is 4.99 Å². The summed E-state index contributed by atoms with van der Waals surface area (Å²) >= 11 is 0. The molecule has 0 spiro atoms. The van der Waals surface area contributed by atoms with Gasteiger partial charge in [0.05, 0.1) is 37.5 Å². The molecule has 2 N–H and O–H groups in total. The van der Waals surface area contributed by atoms with Gasteiger partial charge in [0.1, 0.15) is 11.5 Å². The van der Waals surface area contributed by atoms with Crippen LogP contribution in [0.15, 0.2) is 21.5 Å². The number of aryl methyl sites for hydroxylation is 1. The van der Waals surface area contributed by atoms with Crippen LogP contribution in [-0.4, -0.2) is 69.0 Å². The highest BCUT2D eigenvalue weighted by atomic mass is 16.5. The molecule has 1 aromatic rings. The van der Waals surface area contributed by atoms with Crippen molar-refractivity contribution in [1.82, 2.24) is 15.5 Å². The largest absolute Gasteiger partial charge is 0.465 e. The van der Waals surface area contributed by atoms with Crippen LogP contribution in [-0.2, 0) is 9.47 Å². The molecule has 4 atom stereocenters. The van der Waals surface area contributed by atoms with Gasteiger partial charge in [-0.2, -0.15) is 0 Å². The minimum Gasteiger partial charge on any atom is -0.465 e. The highest BCUT2D eigenvalue weighted by Gasteiger charge is 2.41. The van der Waals surface area contributed by atoms with E-state index in [1.165, 1.54) is 6.42 Å². The third-order valence-corrected chi connectivity index (χ3v) is 5.69. The van der Waals surface area contributed by atoms with E-state index >= 15 is 0 Å². The van der Waals surface area contributed by atoms with Crippen LogP contribution >= 0.6 is 0 Å². The standard InChI is InChI=1S/C19H30N4O3/c1-13-3-5-18(25-13)16(23-7-9-24-10-8-23)12-21-19(20-2)22-15-11-14-4-6-17(15)26-14/h3,5,14-17H,4,6-12H2,1-2H3,(H2,20,21,22). The summed E-state index contributed by atoms with van der Waals surface area (Å²) in [5, 5.41) is 7.05. The van der Waals surface area contributed by atoms with Crippen molar-refractivity contribution in [3.8, 4) is 0 Å². The number of hydrogen-bond donors (Lipinski definition) is 2. The molecule has 2 bridgehead atoms. The van der Waals surface area contributed by atoms with Gasteiger partial charge in [-0.1, -0.05) is 0 Å². The second-order valence-corrected chi connectivity index (χ2v) is 7.43. The van der Waals surface area contributed by atoms with Gasteiger partial charge in [0.15, 0.2) is 5.96 Å². The Labute approximate surface area is 155 Å². The second kappa shape index (κ2) is 7.98. The number of furan rings is 1. The summed E-state index contributed by atoms with van der Waals surface area (Å²) in [7, 11) is 1.82. The lowest BCUT2D eigenvalue weighted by molar-refractivity contribution is 0.0124. The van der Waals surface area contributed by atoms with E-state index in [2.05, 4.69) is 26.6 Å². The number of rotatable bonds is 5. The Morgan fingerprint density at radius 3 is 2.77 bits per heavy atom. The van der Waals surface area contributed by atoms with Gasteiger partial charge >= 0.3 is 0 Å². The van der Waals surface area contributed by atoms with Gasteiger partial charge in [0, 0.05) is 26.7 Å². The van der Waals surface area contributed by atoms with Crippen LogP contribution in [0.5, 0.6) is 0 Å². The molecule has 7 heteroatoms. The summed E-state index contributed by atoms with van der Waals surface area (Å²) in [4.78, 5) is 6.84. The first-order valence-corrected chi connectivity index (χ1v) is 9.73. The quantitative estimate of drug-likeness (QED) is 0.610. The number of aliphatic imine (C=N–C) groups is 1. The Balaban J connectivity index is 1.38. The van der Waals surface area contributed by atoms with Crippen molar-refractivity contribution < 1.29 is 13.9 Å². The van der Waals surface area contributed by atoms with Crippen LogP contribution in [0.3, 0.4) is 0 Å². The molecule has 4 unspecified atom stereocenters. The molecule has 0 saturated carbocycles. The predicted molar refractivity (Wildman–Crippen MR) is 99.4 cm³/mol. The maximum absolute atomic E-state index is 5.94. The zero-order valence-corrected chi connectivity index (χ0v) is 15.7. The number of ether oxygens (including phenoxy) is 2. The summed E-state index contributed by atoms with van der Waals surface area (Å²) in [6.45, 7) is 6.10. The molecule has 3 saturated heterocycles. The first-order valence-electron chi connectivity index (χ1n) is 9.73. The summed E-state index contributed by atoms with van der Waals surface area (Å²) in [5.74, 6) is 2.78. The summed E-state index contributed by atoms with van der Waals surface area (Å²) in [5.41, 5.74) is 0. The van der Waals surface area contributed by atoms with Crippen molar-refractivity contribution in [3.63, 3.8) is 0 Å². The average Bonchev–Trinajstić information content (AvgIpc) is 3.39. The average molecular weight is 362 g/mol. The fourth-order valence-corrected chi connectivity index (χ4v) is 4.28. The van der Waals surface area contributed by atoms with E-state index in [9.17, 15) is 0 Å². The predicted octanol–water partition coefficient (Wildman–Crippen LogP) is 1.45. The lowest BCUT2D eigenvalue weighted by Crippen LogP contribution is -2.50. The molecular formula is C19H30N4O3. The van der Waals surface area contributed by atoms with Crippen molar-refractivity contribution >= 4 is 5.96 Å². The fourth-order valence-electron chi connectivity index (χ4n) is 4.28. The maximum Gasteiger partial charge on any atom is 0.191 e. The monoisotopic (exact) mass is 362 g/mol. The van der Waals surface area contributed by atoms with E-state index in [1.54, 1.807) is 0 Å². The molecule has 0 aliphatic carbocycles.